The molecule has 2 nitrogen and oxygen atoms in total. The number of fused-ring (bicyclic) bond motifs is 11. The van der Waals surface area contributed by atoms with Gasteiger partial charge in [-0.3, -0.25) is 0 Å². The van der Waals surface area contributed by atoms with Crippen molar-refractivity contribution < 1.29 is 18.3 Å². The molecule has 0 saturated heterocycles. The van der Waals surface area contributed by atoms with Crippen LogP contribution in [0.2, 0.25) is 0 Å². The summed E-state index contributed by atoms with van der Waals surface area (Å²) < 4.78 is 45.2. The third kappa shape index (κ3) is 3.70. The first-order chi connectivity index (χ1) is 22.8. The second kappa shape index (κ2) is 9.76. The predicted molar refractivity (Wildman–Crippen MR) is 186 cm³/mol. The van der Waals surface area contributed by atoms with Gasteiger partial charge in [-0.15, -0.1) is 0 Å². The molecule has 1 unspecified atom stereocenters. The van der Waals surface area contributed by atoms with E-state index in [1.54, 1.807) is 13.2 Å². The van der Waals surface area contributed by atoms with Crippen LogP contribution in [0.3, 0.4) is 0 Å². The molecule has 0 bridgehead atoms. The maximum Gasteiger partial charge on any atom is 0.178 e. The summed E-state index contributed by atoms with van der Waals surface area (Å²) in [6.45, 7) is 4.49. The zero-order valence-electron chi connectivity index (χ0n) is 26.2. The number of rotatable bonds is 3. The van der Waals surface area contributed by atoms with Crippen molar-refractivity contribution in [1.29, 1.82) is 0 Å². The Morgan fingerprint density at radius 2 is 1.19 bits per heavy atom. The van der Waals surface area contributed by atoms with E-state index in [2.05, 4.69) is 56.3 Å². The molecule has 0 spiro atoms. The number of ether oxygens (including phenoxy) is 2. The van der Waals surface area contributed by atoms with Crippen LogP contribution in [-0.4, -0.2) is 7.11 Å². The lowest BCUT2D eigenvalue weighted by Crippen LogP contribution is -2.35. The minimum atomic E-state index is -1.15. The zero-order chi connectivity index (χ0) is 32.1. The van der Waals surface area contributed by atoms with Crippen molar-refractivity contribution in [3.8, 4) is 22.6 Å². The predicted octanol–water partition coefficient (Wildman–Crippen LogP) is 11.1. The molecule has 2 aliphatic rings. The molecule has 0 saturated carbocycles. The van der Waals surface area contributed by atoms with Crippen LogP contribution in [-0.2, 0) is 11.0 Å². The second-order valence-electron chi connectivity index (χ2n) is 13.0. The zero-order valence-corrected chi connectivity index (χ0v) is 26.2. The molecule has 1 aliphatic heterocycles. The minimum Gasteiger partial charge on any atom is -0.497 e. The van der Waals surface area contributed by atoms with Crippen molar-refractivity contribution in [1.82, 2.24) is 0 Å². The Hall–Kier alpha value is -5.48. The first kappa shape index (κ1) is 27.8. The number of methoxy groups -OCH3 is 1. The summed E-state index contributed by atoms with van der Waals surface area (Å²) >= 11 is 0. The van der Waals surface area contributed by atoms with Crippen LogP contribution in [0.5, 0.6) is 11.5 Å². The highest BCUT2D eigenvalue weighted by Gasteiger charge is 2.42. The SMILES string of the molecule is COc1ccc(C2(c3ccc4c(c3)C(C)(C)c3ccccc3-4)C=Cc3c(F)c(F)c4c5ccccc5c5ccccc5c4c3O2)cc1. The van der Waals surface area contributed by atoms with Crippen LogP contribution in [0.15, 0.2) is 121 Å². The normalized spacial score (nSPS) is 17.4. The Morgan fingerprint density at radius 3 is 1.89 bits per heavy atom. The molecule has 0 aromatic heterocycles. The van der Waals surface area contributed by atoms with E-state index in [9.17, 15) is 0 Å². The van der Waals surface area contributed by atoms with E-state index in [4.69, 9.17) is 9.47 Å². The van der Waals surface area contributed by atoms with Gasteiger partial charge >= 0.3 is 0 Å². The molecule has 7 aromatic rings. The lowest BCUT2D eigenvalue weighted by molar-refractivity contribution is 0.162. The van der Waals surface area contributed by atoms with E-state index in [0.29, 0.717) is 22.3 Å². The molecule has 7 aromatic carbocycles. The van der Waals surface area contributed by atoms with E-state index in [0.717, 1.165) is 27.3 Å². The van der Waals surface area contributed by atoms with Gasteiger partial charge < -0.3 is 9.47 Å². The van der Waals surface area contributed by atoms with Gasteiger partial charge in [0.1, 0.15) is 11.5 Å². The highest BCUT2D eigenvalue weighted by molar-refractivity contribution is 6.27. The Bertz CT molecular complexity index is 2470. The van der Waals surface area contributed by atoms with E-state index in [-0.39, 0.29) is 16.4 Å². The molecule has 9 rings (SSSR count). The van der Waals surface area contributed by atoms with Crippen molar-refractivity contribution in [2.24, 2.45) is 0 Å². The molecule has 1 heterocycles. The number of hydrogen-bond acceptors (Lipinski definition) is 2. The average molecular weight is 617 g/mol. The van der Waals surface area contributed by atoms with Gasteiger partial charge in [-0.1, -0.05) is 111 Å². The molecule has 0 fully saturated rings. The molecule has 47 heavy (non-hydrogen) atoms. The minimum absolute atomic E-state index is 0.105. The molecular weight excluding hydrogens is 586 g/mol. The quantitative estimate of drug-likeness (QED) is 0.184. The fourth-order valence-corrected chi connectivity index (χ4v) is 7.97. The Labute approximate surface area is 271 Å². The van der Waals surface area contributed by atoms with Crippen LogP contribution in [0.25, 0.3) is 49.5 Å². The highest BCUT2D eigenvalue weighted by atomic mass is 19.2. The summed E-state index contributed by atoms with van der Waals surface area (Å²) in [5, 5.41) is 4.05. The number of halogens is 2. The van der Waals surface area contributed by atoms with Gasteiger partial charge in [0.25, 0.3) is 0 Å². The van der Waals surface area contributed by atoms with Crippen molar-refractivity contribution in [3.63, 3.8) is 0 Å². The standard InChI is InChI=1S/C43H30F2O2/c1-42(2)35-15-9-8-12-30(35)31-21-18-26(24-36(31)42)43(25-16-19-27(46-3)20-17-25)23-22-34-39(44)40(45)37-32-13-6-4-10-28(32)29-11-5-7-14-33(29)38(37)41(34)47-43/h4-24H,1-3H3. The fraction of sp³-hybridized carbons (Fsp3) is 0.116. The van der Waals surface area contributed by atoms with Crippen molar-refractivity contribution in [2.45, 2.75) is 24.9 Å². The molecule has 1 atom stereocenters. The summed E-state index contributed by atoms with van der Waals surface area (Å²) in [4.78, 5) is 0. The van der Waals surface area contributed by atoms with Gasteiger partial charge in [0.05, 0.1) is 12.7 Å². The van der Waals surface area contributed by atoms with Crippen LogP contribution >= 0.6 is 0 Å². The summed E-state index contributed by atoms with van der Waals surface area (Å²) in [6, 6.07) is 38.3. The van der Waals surface area contributed by atoms with Gasteiger partial charge in [0, 0.05) is 27.3 Å². The Balaban J connectivity index is 1.36. The maximum absolute atomic E-state index is 16.3. The molecule has 1 aliphatic carbocycles. The maximum atomic E-state index is 16.3. The lowest BCUT2D eigenvalue weighted by Gasteiger charge is -2.38. The third-order valence-electron chi connectivity index (χ3n) is 10.3. The van der Waals surface area contributed by atoms with Crippen LogP contribution < -0.4 is 9.47 Å². The van der Waals surface area contributed by atoms with Crippen LogP contribution in [0.4, 0.5) is 8.78 Å². The largest absolute Gasteiger partial charge is 0.497 e. The van der Waals surface area contributed by atoms with Gasteiger partial charge in [-0.25, -0.2) is 8.78 Å². The number of hydrogen-bond donors (Lipinski definition) is 0. The lowest BCUT2D eigenvalue weighted by atomic mass is 9.78. The van der Waals surface area contributed by atoms with E-state index in [1.165, 1.54) is 22.3 Å². The van der Waals surface area contributed by atoms with Gasteiger partial charge in [0.15, 0.2) is 17.2 Å². The first-order valence-electron chi connectivity index (χ1n) is 15.9. The van der Waals surface area contributed by atoms with Crippen molar-refractivity contribution in [2.75, 3.05) is 7.11 Å². The Morgan fingerprint density at radius 1 is 0.596 bits per heavy atom. The molecule has 0 radical (unpaired) electrons. The first-order valence-corrected chi connectivity index (χ1v) is 15.9. The molecule has 4 heteroatoms. The summed E-state index contributed by atoms with van der Waals surface area (Å²) in [5.41, 5.74) is 5.34. The Kier molecular flexibility index (Phi) is 5.77. The summed E-state index contributed by atoms with van der Waals surface area (Å²) in [7, 11) is 1.64. The monoisotopic (exact) mass is 616 g/mol. The van der Waals surface area contributed by atoms with Gasteiger partial charge in [-0.2, -0.15) is 0 Å². The van der Waals surface area contributed by atoms with Crippen LogP contribution in [0.1, 0.15) is 41.7 Å². The average Bonchev–Trinajstić information content (AvgIpc) is 3.35. The van der Waals surface area contributed by atoms with E-state index >= 15 is 8.78 Å². The van der Waals surface area contributed by atoms with Gasteiger partial charge in [-0.05, 0) is 74.1 Å². The molecular formula is C43H30F2O2. The van der Waals surface area contributed by atoms with Crippen molar-refractivity contribution >= 4 is 38.4 Å². The second-order valence-corrected chi connectivity index (χ2v) is 13.0. The van der Waals surface area contributed by atoms with Crippen molar-refractivity contribution in [3.05, 3.63) is 161 Å². The smallest absolute Gasteiger partial charge is 0.178 e. The van der Waals surface area contributed by atoms with E-state index in [1.807, 2.05) is 78.9 Å². The van der Waals surface area contributed by atoms with Crippen LogP contribution in [0, 0.1) is 11.6 Å². The molecule has 0 amide bonds. The van der Waals surface area contributed by atoms with E-state index < -0.39 is 17.2 Å². The fourth-order valence-electron chi connectivity index (χ4n) is 7.97. The summed E-state index contributed by atoms with van der Waals surface area (Å²) in [6.07, 6.45) is 3.56. The molecule has 228 valence electrons. The third-order valence-corrected chi connectivity index (χ3v) is 10.3. The molecule has 0 N–H and O–H groups in total. The topological polar surface area (TPSA) is 18.5 Å². The summed E-state index contributed by atoms with van der Waals surface area (Å²) in [5.74, 6) is -0.756. The number of benzene rings is 7. The highest BCUT2D eigenvalue weighted by Crippen LogP contribution is 2.53. The van der Waals surface area contributed by atoms with Gasteiger partial charge in [0.2, 0.25) is 0 Å².